The van der Waals surface area contributed by atoms with Gasteiger partial charge in [0.25, 0.3) is 0 Å². The second kappa shape index (κ2) is 6.47. The number of aliphatic hydroxyl groups excluding tert-OH is 1. The van der Waals surface area contributed by atoms with Crippen molar-refractivity contribution >= 4 is 10.0 Å². The molecule has 3 N–H and O–H groups in total. The van der Waals surface area contributed by atoms with Crippen molar-refractivity contribution in [2.75, 3.05) is 19.3 Å². The third-order valence-electron chi connectivity index (χ3n) is 2.37. The van der Waals surface area contributed by atoms with Crippen LogP contribution in [0, 0.1) is 0 Å². The first kappa shape index (κ1) is 16.1. The molecule has 0 spiro atoms. The Bertz CT molecular complexity index is 470. The van der Waals surface area contributed by atoms with Crippen molar-refractivity contribution in [2.45, 2.75) is 32.0 Å². The second-order valence-corrected chi connectivity index (χ2v) is 7.02. The minimum absolute atomic E-state index is 0.370. The van der Waals surface area contributed by atoms with Gasteiger partial charge in [0.15, 0.2) is 0 Å². The van der Waals surface area contributed by atoms with E-state index in [1.54, 1.807) is 37.0 Å². The average Bonchev–Trinajstić information content (AvgIpc) is 2.65. The van der Waals surface area contributed by atoms with Gasteiger partial charge in [-0.05, 0) is 19.9 Å². The minimum Gasteiger partial charge on any atom is -0.390 e. The molecule has 19 heavy (non-hydrogen) atoms. The van der Waals surface area contributed by atoms with Crippen LogP contribution in [0.1, 0.15) is 13.8 Å². The molecule has 0 radical (unpaired) electrons. The molecule has 1 heterocycles. The van der Waals surface area contributed by atoms with E-state index in [0.717, 1.165) is 6.26 Å². The highest BCUT2D eigenvalue weighted by Crippen LogP contribution is 2.02. The molecule has 0 aliphatic rings. The lowest BCUT2D eigenvalue weighted by Gasteiger charge is -2.26. The van der Waals surface area contributed by atoms with Crippen LogP contribution in [0.15, 0.2) is 18.5 Å². The quantitative estimate of drug-likeness (QED) is 0.580. The number of rotatable bonds is 8. The highest BCUT2D eigenvalue weighted by molar-refractivity contribution is 7.88. The molecule has 0 aliphatic heterocycles. The van der Waals surface area contributed by atoms with Gasteiger partial charge >= 0.3 is 0 Å². The molecule has 1 aromatic rings. The lowest BCUT2D eigenvalue weighted by Crippen LogP contribution is -2.51. The van der Waals surface area contributed by atoms with Crippen LogP contribution in [0.2, 0.25) is 0 Å². The maximum Gasteiger partial charge on any atom is 0.209 e. The van der Waals surface area contributed by atoms with Crippen LogP contribution in [0.4, 0.5) is 0 Å². The Kier molecular flexibility index (Phi) is 5.48. The third kappa shape index (κ3) is 7.26. The number of hydrogen-bond acceptors (Lipinski definition) is 5. The molecule has 0 aromatic carbocycles. The smallest absolute Gasteiger partial charge is 0.209 e. The number of aromatic nitrogens is 2. The monoisotopic (exact) mass is 290 g/mol. The molecule has 0 fully saturated rings. The van der Waals surface area contributed by atoms with Crippen LogP contribution in [-0.2, 0) is 16.6 Å². The summed E-state index contributed by atoms with van der Waals surface area (Å²) in [5.41, 5.74) is -0.598. The Morgan fingerprint density at radius 2 is 2.16 bits per heavy atom. The molecule has 8 heteroatoms. The largest absolute Gasteiger partial charge is 0.390 e. The zero-order valence-electron chi connectivity index (χ0n) is 11.5. The first-order valence-corrected chi connectivity index (χ1v) is 7.92. The maximum absolute atomic E-state index is 11.2. The molecular formula is C11H22N4O3S. The van der Waals surface area contributed by atoms with E-state index in [1.807, 2.05) is 0 Å². The molecule has 110 valence electrons. The molecule has 1 aromatic heterocycles. The van der Waals surface area contributed by atoms with Crippen molar-refractivity contribution in [2.24, 2.45) is 0 Å². The van der Waals surface area contributed by atoms with Gasteiger partial charge < -0.3 is 10.4 Å². The molecule has 7 nitrogen and oxygen atoms in total. The Balaban J connectivity index is 2.29. The third-order valence-corrected chi connectivity index (χ3v) is 3.29. The van der Waals surface area contributed by atoms with E-state index in [9.17, 15) is 13.5 Å². The summed E-state index contributed by atoms with van der Waals surface area (Å²) in [7, 11) is -3.24. The van der Waals surface area contributed by atoms with Crippen LogP contribution in [0.3, 0.4) is 0 Å². The summed E-state index contributed by atoms with van der Waals surface area (Å²) in [4.78, 5) is 0. The molecule has 0 saturated heterocycles. The summed E-state index contributed by atoms with van der Waals surface area (Å²) in [5.74, 6) is 0. The fourth-order valence-corrected chi connectivity index (χ4v) is 2.85. The number of sulfonamides is 1. The molecule has 0 bridgehead atoms. The fraction of sp³-hybridized carbons (Fsp3) is 0.727. The number of hydrogen-bond donors (Lipinski definition) is 3. The van der Waals surface area contributed by atoms with Gasteiger partial charge in [-0.15, -0.1) is 0 Å². The van der Waals surface area contributed by atoms with Gasteiger partial charge in [0.1, 0.15) is 0 Å². The molecule has 0 saturated carbocycles. The summed E-state index contributed by atoms with van der Waals surface area (Å²) >= 11 is 0. The highest BCUT2D eigenvalue weighted by atomic mass is 32.2. The van der Waals surface area contributed by atoms with Gasteiger partial charge in [-0.3, -0.25) is 4.68 Å². The predicted octanol–water partition coefficient (Wildman–Crippen LogP) is -0.839. The summed E-state index contributed by atoms with van der Waals surface area (Å²) in [6.07, 6.45) is 3.98. The normalized spacial score (nSPS) is 14.5. The van der Waals surface area contributed by atoms with Gasteiger partial charge in [-0.25, -0.2) is 13.1 Å². The van der Waals surface area contributed by atoms with E-state index >= 15 is 0 Å². The summed E-state index contributed by atoms with van der Waals surface area (Å²) in [6.45, 7) is 4.76. The van der Waals surface area contributed by atoms with Crippen molar-refractivity contribution in [3.63, 3.8) is 0 Å². The van der Waals surface area contributed by atoms with Crippen molar-refractivity contribution in [3.05, 3.63) is 18.5 Å². The zero-order valence-corrected chi connectivity index (χ0v) is 12.3. The molecule has 1 unspecified atom stereocenters. The number of nitrogens with one attached hydrogen (secondary N) is 2. The molecular weight excluding hydrogens is 268 g/mol. The molecule has 1 atom stereocenters. The highest BCUT2D eigenvalue weighted by Gasteiger charge is 2.21. The van der Waals surface area contributed by atoms with Crippen LogP contribution >= 0.6 is 0 Å². The van der Waals surface area contributed by atoms with Crippen LogP contribution < -0.4 is 10.0 Å². The van der Waals surface area contributed by atoms with Crippen molar-refractivity contribution in [3.8, 4) is 0 Å². The Morgan fingerprint density at radius 3 is 2.68 bits per heavy atom. The summed E-state index contributed by atoms with van der Waals surface area (Å²) in [6, 6.07) is 1.79. The summed E-state index contributed by atoms with van der Waals surface area (Å²) in [5, 5.41) is 16.8. The standard InChI is InChI=1S/C11H22N4O3S/c1-11(2,14-19(3,17)18)9-12-7-10(16)8-15-6-4-5-13-15/h4-6,10,12,14,16H,7-9H2,1-3H3. The lowest BCUT2D eigenvalue weighted by molar-refractivity contribution is 0.145. The van der Waals surface area contributed by atoms with Gasteiger partial charge in [0.05, 0.1) is 18.9 Å². The van der Waals surface area contributed by atoms with Gasteiger partial charge in [0.2, 0.25) is 10.0 Å². The molecule has 1 rings (SSSR count). The van der Waals surface area contributed by atoms with Crippen molar-refractivity contribution in [1.82, 2.24) is 19.8 Å². The lowest BCUT2D eigenvalue weighted by atomic mass is 10.1. The zero-order chi connectivity index (χ0) is 14.5. The Hall–Kier alpha value is -0.960. The van der Waals surface area contributed by atoms with Crippen molar-refractivity contribution < 1.29 is 13.5 Å². The number of aliphatic hydroxyl groups is 1. The van der Waals surface area contributed by atoms with E-state index in [-0.39, 0.29) is 0 Å². The van der Waals surface area contributed by atoms with E-state index in [0.29, 0.717) is 19.6 Å². The van der Waals surface area contributed by atoms with Gasteiger partial charge in [-0.1, -0.05) is 0 Å². The summed E-state index contributed by atoms with van der Waals surface area (Å²) < 4.78 is 26.5. The Morgan fingerprint density at radius 1 is 1.47 bits per heavy atom. The van der Waals surface area contributed by atoms with Crippen LogP contribution in [0.5, 0.6) is 0 Å². The average molecular weight is 290 g/mol. The first-order chi connectivity index (χ1) is 8.68. The van der Waals surface area contributed by atoms with Gasteiger partial charge in [-0.2, -0.15) is 5.10 Å². The van der Waals surface area contributed by atoms with Crippen LogP contribution in [-0.4, -0.2) is 54.3 Å². The predicted molar refractivity (Wildman–Crippen MR) is 73.2 cm³/mol. The minimum atomic E-state index is -3.24. The maximum atomic E-state index is 11.2. The fourth-order valence-electron chi connectivity index (χ4n) is 1.78. The van der Waals surface area contributed by atoms with Crippen molar-refractivity contribution in [1.29, 1.82) is 0 Å². The van der Waals surface area contributed by atoms with Crippen LogP contribution in [0.25, 0.3) is 0 Å². The van der Waals surface area contributed by atoms with E-state index in [1.165, 1.54) is 0 Å². The topological polar surface area (TPSA) is 96.2 Å². The molecule has 0 amide bonds. The SMILES string of the molecule is CC(C)(CNCC(O)Cn1cccn1)NS(C)(=O)=O. The van der Waals surface area contributed by atoms with E-state index in [4.69, 9.17) is 0 Å². The first-order valence-electron chi connectivity index (χ1n) is 6.03. The Labute approximate surface area is 114 Å². The number of nitrogens with zero attached hydrogens (tertiary/aromatic N) is 2. The second-order valence-electron chi connectivity index (χ2n) is 5.27. The van der Waals surface area contributed by atoms with Gasteiger partial charge in [0, 0.05) is 31.0 Å². The van der Waals surface area contributed by atoms with E-state index < -0.39 is 21.7 Å². The molecule has 0 aliphatic carbocycles. The van der Waals surface area contributed by atoms with E-state index in [2.05, 4.69) is 15.1 Å².